The predicted octanol–water partition coefficient (Wildman–Crippen LogP) is 1.80. The molecule has 2 N–H and O–H groups in total. The standard InChI is InChI=1S/C13H12N4S/c14-12(18)11-13(16-7-6-15-11)17-8-5-9-3-1-2-4-10(9)17/h1-4,6-7H,5,8H2,(H2,14,18). The minimum absolute atomic E-state index is 0.280. The Bertz CT molecular complexity index is 611. The minimum atomic E-state index is 0.280. The summed E-state index contributed by atoms with van der Waals surface area (Å²) in [6, 6.07) is 8.29. The number of hydrogen-bond donors (Lipinski definition) is 1. The van der Waals surface area contributed by atoms with Gasteiger partial charge in [0.05, 0.1) is 0 Å². The van der Waals surface area contributed by atoms with Crippen LogP contribution in [0.1, 0.15) is 11.3 Å². The summed E-state index contributed by atoms with van der Waals surface area (Å²) in [5.74, 6) is 0.745. The monoisotopic (exact) mass is 256 g/mol. The summed E-state index contributed by atoms with van der Waals surface area (Å²) in [7, 11) is 0. The lowest BCUT2D eigenvalue weighted by molar-refractivity contribution is 0.960. The summed E-state index contributed by atoms with van der Waals surface area (Å²) < 4.78 is 0. The first kappa shape index (κ1) is 11.1. The molecule has 18 heavy (non-hydrogen) atoms. The van der Waals surface area contributed by atoms with Crippen LogP contribution in [0.4, 0.5) is 11.5 Å². The third-order valence-electron chi connectivity index (χ3n) is 3.06. The maximum absolute atomic E-state index is 5.70. The van der Waals surface area contributed by atoms with Crippen molar-refractivity contribution in [2.75, 3.05) is 11.4 Å². The van der Waals surface area contributed by atoms with Gasteiger partial charge < -0.3 is 10.6 Å². The fourth-order valence-electron chi connectivity index (χ4n) is 2.26. The lowest BCUT2D eigenvalue weighted by Crippen LogP contribution is -2.22. The molecule has 0 spiro atoms. The van der Waals surface area contributed by atoms with Gasteiger partial charge in [0.15, 0.2) is 5.82 Å². The summed E-state index contributed by atoms with van der Waals surface area (Å²) in [6.07, 6.45) is 4.28. The average Bonchev–Trinajstić information content (AvgIpc) is 2.82. The highest BCUT2D eigenvalue weighted by Crippen LogP contribution is 2.34. The largest absolute Gasteiger partial charge is 0.388 e. The van der Waals surface area contributed by atoms with Gasteiger partial charge in [-0.05, 0) is 18.1 Å². The number of aromatic nitrogens is 2. The van der Waals surface area contributed by atoms with E-state index in [-0.39, 0.29) is 4.99 Å². The maximum atomic E-state index is 5.70. The van der Waals surface area contributed by atoms with Crippen molar-refractivity contribution >= 4 is 28.7 Å². The molecule has 0 bridgehead atoms. The number of para-hydroxylation sites is 1. The summed E-state index contributed by atoms with van der Waals surface area (Å²) in [5, 5.41) is 0. The van der Waals surface area contributed by atoms with Crippen LogP contribution < -0.4 is 10.6 Å². The van der Waals surface area contributed by atoms with E-state index in [1.165, 1.54) is 5.56 Å². The van der Waals surface area contributed by atoms with Gasteiger partial charge in [-0.15, -0.1) is 0 Å². The van der Waals surface area contributed by atoms with Crippen LogP contribution in [-0.4, -0.2) is 21.5 Å². The van der Waals surface area contributed by atoms with Gasteiger partial charge in [0, 0.05) is 24.6 Å². The molecule has 90 valence electrons. The molecule has 2 aromatic rings. The normalized spacial score (nSPS) is 13.4. The maximum Gasteiger partial charge on any atom is 0.162 e. The molecular formula is C13H12N4S. The second-order valence-electron chi connectivity index (χ2n) is 4.12. The highest BCUT2D eigenvalue weighted by Gasteiger charge is 2.24. The van der Waals surface area contributed by atoms with E-state index in [2.05, 4.69) is 27.0 Å². The van der Waals surface area contributed by atoms with Crippen LogP contribution in [0.3, 0.4) is 0 Å². The summed E-state index contributed by atoms with van der Waals surface area (Å²) >= 11 is 5.03. The average molecular weight is 256 g/mol. The second-order valence-corrected chi connectivity index (χ2v) is 4.56. The van der Waals surface area contributed by atoms with Crippen molar-refractivity contribution in [3.63, 3.8) is 0 Å². The molecule has 0 aliphatic carbocycles. The molecule has 5 heteroatoms. The molecule has 0 saturated heterocycles. The quantitative estimate of drug-likeness (QED) is 0.830. The molecule has 1 aromatic carbocycles. The van der Waals surface area contributed by atoms with Gasteiger partial charge in [0.2, 0.25) is 0 Å². The van der Waals surface area contributed by atoms with Gasteiger partial charge in [-0.1, -0.05) is 30.4 Å². The predicted molar refractivity (Wildman–Crippen MR) is 75.1 cm³/mol. The number of thiocarbonyl (C=S) groups is 1. The first-order valence-corrected chi connectivity index (χ1v) is 6.14. The van der Waals surface area contributed by atoms with E-state index in [1.807, 2.05) is 12.1 Å². The van der Waals surface area contributed by atoms with Crippen LogP contribution >= 0.6 is 12.2 Å². The number of anilines is 2. The fraction of sp³-hybridized carbons (Fsp3) is 0.154. The van der Waals surface area contributed by atoms with E-state index in [1.54, 1.807) is 12.4 Å². The van der Waals surface area contributed by atoms with Gasteiger partial charge in [-0.2, -0.15) is 0 Å². The first-order chi connectivity index (χ1) is 8.77. The Labute approximate surface area is 110 Å². The smallest absolute Gasteiger partial charge is 0.162 e. The van der Waals surface area contributed by atoms with E-state index in [4.69, 9.17) is 18.0 Å². The zero-order valence-corrected chi connectivity index (χ0v) is 10.5. The van der Waals surface area contributed by atoms with Gasteiger partial charge >= 0.3 is 0 Å². The van der Waals surface area contributed by atoms with Crippen LogP contribution in [0.25, 0.3) is 0 Å². The van der Waals surface area contributed by atoms with Crippen molar-refractivity contribution < 1.29 is 0 Å². The van der Waals surface area contributed by atoms with Crippen molar-refractivity contribution in [1.82, 2.24) is 9.97 Å². The molecule has 2 heterocycles. The van der Waals surface area contributed by atoms with Crippen LogP contribution in [0.15, 0.2) is 36.7 Å². The van der Waals surface area contributed by atoms with Gasteiger partial charge in [0.1, 0.15) is 10.7 Å². The molecular weight excluding hydrogens is 244 g/mol. The molecule has 3 rings (SSSR count). The number of hydrogen-bond acceptors (Lipinski definition) is 4. The van der Waals surface area contributed by atoms with E-state index < -0.39 is 0 Å². The topological polar surface area (TPSA) is 55.0 Å². The number of rotatable bonds is 2. The molecule has 0 fully saturated rings. The molecule has 1 aromatic heterocycles. The van der Waals surface area contributed by atoms with Crippen LogP contribution in [0, 0.1) is 0 Å². The van der Waals surface area contributed by atoms with Crippen LogP contribution in [-0.2, 0) is 6.42 Å². The Morgan fingerprint density at radius 3 is 2.83 bits per heavy atom. The number of fused-ring (bicyclic) bond motifs is 1. The number of benzene rings is 1. The van der Waals surface area contributed by atoms with Crippen molar-refractivity contribution in [1.29, 1.82) is 0 Å². The van der Waals surface area contributed by atoms with Gasteiger partial charge in [-0.25, -0.2) is 9.97 Å². The first-order valence-electron chi connectivity index (χ1n) is 5.73. The fourth-order valence-corrected chi connectivity index (χ4v) is 2.40. The van der Waals surface area contributed by atoms with Crippen molar-refractivity contribution in [3.8, 4) is 0 Å². The lowest BCUT2D eigenvalue weighted by Gasteiger charge is -2.20. The summed E-state index contributed by atoms with van der Waals surface area (Å²) in [5.41, 5.74) is 8.77. The Kier molecular flexibility index (Phi) is 2.68. The highest BCUT2D eigenvalue weighted by atomic mass is 32.1. The Hall–Kier alpha value is -2.01. The van der Waals surface area contributed by atoms with Crippen molar-refractivity contribution in [2.24, 2.45) is 5.73 Å². The third-order valence-corrected chi connectivity index (χ3v) is 3.25. The molecule has 1 aliphatic rings. The highest BCUT2D eigenvalue weighted by molar-refractivity contribution is 7.80. The summed E-state index contributed by atoms with van der Waals surface area (Å²) in [4.78, 5) is 11.0. The molecule has 0 radical (unpaired) electrons. The zero-order valence-electron chi connectivity index (χ0n) is 9.71. The van der Waals surface area contributed by atoms with Crippen LogP contribution in [0.2, 0.25) is 0 Å². The van der Waals surface area contributed by atoms with Crippen LogP contribution in [0.5, 0.6) is 0 Å². The molecule has 1 aliphatic heterocycles. The molecule has 0 unspecified atom stereocenters. The SMILES string of the molecule is NC(=S)c1nccnc1N1CCc2ccccc21. The molecule has 4 nitrogen and oxygen atoms in total. The lowest BCUT2D eigenvalue weighted by atomic mass is 10.2. The Morgan fingerprint density at radius 2 is 2.00 bits per heavy atom. The molecule has 0 atom stereocenters. The third kappa shape index (κ3) is 1.73. The van der Waals surface area contributed by atoms with Gasteiger partial charge in [0.25, 0.3) is 0 Å². The Morgan fingerprint density at radius 1 is 1.22 bits per heavy atom. The number of nitrogens with two attached hydrogens (primary N) is 1. The van der Waals surface area contributed by atoms with E-state index in [0.717, 1.165) is 24.5 Å². The zero-order chi connectivity index (χ0) is 12.5. The summed E-state index contributed by atoms with van der Waals surface area (Å²) in [6.45, 7) is 0.883. The van der Waals surface area contributed by atoms with Crippen molar-refractivity contribution in [3.05, 3.63) is 47.9 Å². The van der Waals surface area contributed by atoms with Gasteiger partial charge in [-0.3, -0.25) is 0 Å². The number of nitrogens with zero attached hydrogens (tertiary/aromatic N) is 3. The molecule has 0 amide bonds. The van der Waals surface area contributed by atoms with E-state index in [9.17, 15) is 0 Å². The molecule has 0 saturated carbocycles. The second kappa shape index (κ2) is 4.34. The van der Waals surface area contributed by atoms with E-state index in [0.29, 0.717) is 5.69 Å². The Balaban J connectivity index is 2.10. The van der Waals surface area contributed by atoms with E-state index >= 15 is 0 Å². The minimum Gasteiger partial charge on any atom is -0.388 e. The van der Waals surface area contributed by atoms with Crippen molar-refractivity contribution in [2.45, 2.75) is 6.42 Å².